The van der Waals surface area contributed by atoms with Gasteiger partial charge in [-0.15, -0.1) is 0 Å². The summed E-state index contributed by atoms with van der Waals surface area (Å²) in [4.78, 5) is 42.7. The first-order valence-electron chi connectivity index (χ1n) is 12.7. The first kappa shape index (κ1) is 26.7. The highest BCUT2D eigenvalue weighted by atomic mass is 35.5. The fourth-order valence-electron chi connectivity index (χ4n) is 6.56. The predicted molar refractivity (Wildman–Crippen MR) is 138 cm³/mol. The van der Waals surface area contributed by atoms with Crippen molar-refractivity contribution in [3.63, 3.8) is 0 Å². The normalized spacial score (nSPS) is 29.1. The van der Waals surface area contributed by atoms with E-state index in [1.54, 1.807) is 14.1 Å². The second-order valence-corrected chi connectivity index (χ2v) is 11.7. The van der Waals surface area contributed by atoms with E-state index in [-0.39, 0.29) is 29.7 Å². The summed E-state index contributed by atoms with van der Waals surface area (Å²) in [7, 11) is 5.10. The van der Waals surface area contributed by atoms with Gasteiger partial charge in [-0.3, -0.25) is 19.3 Å². The molecule has 0 aromatic heterocycles. The molecule has 4 aliphatic rings. The Balaban J connectivity index is 1.62. The van der Waals surface area contributed by atoms with Crippen molar-refractivity contribution in [2.24, 2.45) is 23.5 Å². The van der Waals surface area contributed by atoms with Crippen LogP contribution in [0.3, 0.4) is 0 Å². The number of halogens is 1. The lowest BCUT2D eigenvalue weighted by molar-refractivity contribution is -0.153. The van der Waals surface area contributed by atoms with Gasteiger partial charge in [-0.25, -0.2) is 0 Å². The number of ketones is 2. The SMILES string of the molecule is CN(Cc1cc(O)c2c(c1Cl)C[C@H]1C[C@H]3[C@H](N(C)C)C(=O)C(C(N)=O)=C(O)[C@@]3(O)C(=O)C1=C2O)CC1CC1. The van der Waals surface area contributed by atoms with Crippen molar-refractivity contribution < 1.29 is 34.8 Å². The van der Waals surface area contributed by atoms with Crippen LogP contribution in [-0.2, 0) is 27.3 Å². The number of hydrogen-bond acceptors (Lipinski definition) is 9. The number of likely N-dealkylation sites (N-methyl/N-ethyl adjacent to an activating group) is 1. The molecule has 0 saturated heterocycles. The number of aromatic hydroxyl groups is 1. The lowest BCUT2D eigenvalue weighted by Gasteiger charge is -2.50. The van der Waals surface area contributed by atoms with Crippen LogP contribution in [0.5, 0.6) is 5.75 Å². The van der Waals surface area contributed by atoms with Crippen LogP contribution in [0.15, 0.2) is 23.0 Å². The molecule has 1 aromatic carbocycles. The number of phenolic OH excluding ortho intramolecular Hbond substituents is 1. The maximum Gasteiger partial charge on any atom is 0.255 e. The van der Waals surface area contributed by atoms with Gasteiger partial charge in [0, 0.05) is 29.6 Å². The number of nitrogens with two attached hydrogens (primary N) is 1. The molecule has 0 heterocycles. The van der Waals surface area contributed by atoms with Crippen LogP contribution in [0.1, 0.15) is 36.0 Å². The Kier molecular flexibility index (Phi) is 6.38. The van der Waals surface area contributed by atoms with E-state index < -0.39 is 58.0 Å². The molecule has 4 aliphatic carbocycles. The summed E-state index contributed by atoms with van der Waals surface area (Å²) in [6.45, 7) is 1.40. The van der Waals surface area contributed by atoms with Gasteiger partial charge in [0.05, 0.1) is 11.6 Å². The minimum absolute atomic E-state index is 0.000106. The number of fused-ring (bicyclic) bond motifs is 3. The highest BCUT2D eigenvalue weighted by Gasteiger charge is 2.64. The average Bonchev–Trinajstić information content (AvgIpc) is 3.62. The zero-order valence-corrected chi connectivity index (χ0v) is 22.2. The smallest absolute Gasteiger partial charge is 0.255 e. The lowest BCUT2D eigenvalue weighted by Crippen LogP contribution is -2.65. The molecule has 1 amide bonds. The number of aliphatic hydroxyl groups is 3. The summed E-state index contributed by atoms with van der Waals surface area (Å²) in [5.74, 6) is -6.12. The molecule has 2 saturated carbocycles. The molecule has 204 valence electrons. The van der Waals surface area contributed by atoms with Crippen LogP contribution < -0.4 is 5.73 Å². The summed E-state index contributed by atoms with van der Waals surface area (Å²) >= 11 is 6.81. The first-order valence-corrected chi connectivity index (χ1v) is 13.0. The Hall–Kier alpha value is -2.92. The van der Waals surface area contributed by atoms with Gasteiger partial charge >= 0.3 is 0 Å². The second kappa shape index (κ2) is 9.08. The molecule has 10 nitrogen and oxygen atoms in total. The molecule has 0 radical (unpaired) electrons. The zero-order valence-electron chi connectivity index (χ0n) is 21.5. The van der Waals surface area contributed by atoms with Crippen LogP contribution >= 0.6 is 11.6 Å². The van der Waals surface area contributed by atoms with Gasteiger partial charge in [0.1, 0.15) is 22.8 Å². The van der Waals surface area contributed by atoms with E-state index in [0.29, 0.717) is 28.6 Å². The third-order valence-corrected chi connectivity index (χ3v) is 8.91. The number of Topliss-reactive ketones (excluding diaryl/α,β-unsaturated/α-hetero) is 2. The molecular weight excluding hydrogens is 514 g/mol. The van der Waals surface area contributed by atoms with E-state index in [2.05, 4.69) is 4.90 Å². The summed E-state index contributed by atoms with van der Waals surface area (Å²) in [6, 6.07) is 0.342. The molecule has 2 fully saturated rings. The largest absolute Gasteiger partial charge is 0.508 e. The van der Waals surface area contributed by atoms with Gasteiger partial charge in [-0.2, -0.15) is 0 Å². The molecule has 0 unspecified atom stereocenters. The summed E-state index contributed by atoms with van der Waals surface area (Å²) < 4.78 is 0. The van der Waals surface area contributed by atoms with Gasteiger partial charge in [0.25, 0.3) is 5.91 Å². The van der Waals surface area contributed by atoms with Crippen LogP contribution in [-0.4, -0.2) is 87.0 Å². The number of carbonyl (C=O) groups is 3. The maximum atomic E-state index is 13.8. The molecule has 0 spiro atoms. The van der Waals surface area contributed by atoms with E-state index in [9.17, 15) is 34.8 Å². The molecule has 0 bridgehead atoms. The maximum absolute atomic E-state index is 13.8. The number of benzene rings is 1. The molecule has 38 heavy (non-hydrogen) atoms. The predicted octanol–water partition coefficient (Wildman–Crippen LogP) is 1.46. The average molecular weight is 546 g/mol. The van der Waals surface area contributed by atoms with Crippen LogP contribution in [0.25, 0.3) is 5.76 Å². The molecule has 6 N–H and O–H groups in total. The number of primary amides is 1. The molecular formula is C27H32ClN3O7. The van der Waals surface area contributed by atoms with Crippen molar-refractivity contribution in [2.75, 3.05) is 27.7 Å². The number of aliphatic hydroxyl groups excluding tert-OH is 2. The Morgan fingerprint density at radius 1 is 1.18 bits per heavy atom. The van der Waals surface area contributed by atoms with Gasteiger partial charge < -0.3 is 31.1 Å². The fraction of sp³-hybridized carbons (Fsp3) is 0.519. The van der Waals surface area contributed by atoms with Crippen molar-refractivity contribution in [1.29, 1.82) is 0 Å². The number of nitrogens with zero attached hydrogens (tertiary/aromatic N) is 2. The number of rotatable bonds is 6. The van der Waals surface area contributed by atoms with E-state index in [1.165, 1.54) is 23.8 Å². The van der Waals surface area contributed by atoms with E-state index in [0.717, 1.165) is 6.54 Å². The van der Waals surface area contributed by atoms with Crippen molar-refractivity contribution in [3.05, 3.63) is 44.7 Å². The third kappa shape index (κ3) is 3.85. The van der Waals surface area contributed by atoms with Crippen molar-refractivity contribution in [2.45, 2.75) is 43.9 Å². The topological polar surface area (TPSA) is 165 Å². The quantitative estimate of drug-likeness (QED) is 0.333. The molecule has 4 atom stereocenters. The van der Waals surface area contributed by atoms with Crippen LogP contribution in [0.4, 0.5) is 0 Å². The highest BCUT2D eigenvalue weighted by molar-refractivity contribution is 6.32. The van der Waals surface area contributed by atoms with E-state index in [4.69, 9.17) is 17.3 Å². The number of amides is 1. The molecule has 1 aromatic rings. The first-order chi connectivity index (χ1) is 17.8. The summed E-state index contributed by atoms with van der Waals surface area (Å²) in [5.41, 5.74) is 2.82. The second-order valence-electron chi connectivity index (χ2n) is 11.3. The minimum atomic E-state index is -2.66. The Morgan fingerprint density at radius 3 is 2.42 bits per heavy atom. The number of phenols is 1. The molecule has 0 aliphatic heterocycles. The van der Waals surface area contributed by atoms with E-state index in [1.807, 2.05) is 7.05 Å². The Labute approximate surface area is 225 Å². The fourth-order valence-corrected chi connectivity index (χ4v) is 6.84. The Bertz CT molecular complexity index is 1330. The monoisotopic (exact) mass is 545 g/mol. The van der Waals surface area contributed by atoms with Gasteiger partial charge in [-0.05, 0) is 75.9 Å². The van der Waals surface area contributed by atoms with Crippen LogP contribution in [0.2, 0.25) is 5.02 Å². The zero-order chi connectivity index (χ0) is 27.8. The van der Waals surface area contributed by atoms with Gasteiger partial charge in [0.2, 0.25) is 5.78 Å². The highest BCUT2D eigenvalue weighted by Crippen LogP contribution is 2.53. The van der Waals surface area contributed by atoms with Crippen molar-refractivity contribution >= 4 is 34.8 Å². The van der Waals surface area contributed by atoms with Crippen molar-refractivity contribution in [3.8, 4) is 5.75 Å². The molecule has 5 rings (SSSR count). The Morgan fingerprint density at radius 2 is 1.84 bits per heavy atom. The summed E-state index contributed by atoms with van der Waals surface area (Å²) in [5, 5.41) is 45.1. The van der Waals surface area contributed by atoms with Gasteiger partial charge in [-0.1, -0.05) is 11.6 Å². The standard InChI is InChI=1S/C27H32ClN3O7/c1-30(2)21-15-7-12-6-14-18(16(32)8-13(20(14)28)10-31(3)9-11-4-5-11)22(33)17(12)24(35)27(15,38)25(36)19(23(21)34)26(29)37/h8,11-12,15,21,32-33,36,38H,4-7,9-10H2,1-3H3,(H2,29,37)/t12-,15-,21-,27-/m0/s1. The minimum Gasteiger partial charge on any atom is -0.508 e. The number of carbonyl (C=O) groups excluding carboxylic acids is 3. The van der Waals surface area contributed by atoms with Crippen LogP contribution in [0, 0.1) is 17.8 Å². The third-order valence-electron chi connectivity index (χ3n) is 8.44. The molecule has 11 heteroatoms. The van der Waals surface area contributed by atoms with Gasteiger partial charge in [0.15, 0.2) is 11.4 Å². The summed E-state index contributed by atoms with van der Waals surface area (Å²) in [6.07, 6.45) is 2.58. The van der Waals surface area contributed by atoms with E-state index >= 15 is 0 Å². The lowest BCUT2D eigenvalue weighted by atomic mass is 9.57. The van der Waals surface area contributed by atoms with Crippen molar-refractivity contribution in [1.82, 2.24) is 9.80 Å². The number of hydrogen-bond donors (Lipinski definition) is 5.